The third-order valence-corrected chi connectivity index (χ3v) is 16.3. The summed E-state index contributed by atoms with van der Waals surface area (Å²) < 4.78 is 0. The van der Waals surface area contributed by atoms with Crippen LogP contribution in [0.4, 0.5) is 0 Å². The highest BCUT2D eigenvalue weighted by Crippen LogP contribution is 2.37. The lowest BCUT2D eigenvalue weighted by atomic mass is 9.73. The maximum absolute atomic E-state index is 11.8. The van der Waals surface area contributed by atoms with E-state index >= 15 is 0 Å². The highest BCUT2D eigenvalue weighted by molar-refractivity contribution is 4.97. The molecule has 0 aromatic rings. The summed E-state index contributed by atoms with van der Waals surface area (Å²) in [6.07, 6.45) is 20.6. The first kappa shape index (κ1) is 41.8. The van der Waals surface area contributed by atoms with Crippen molar-refractivity contribution in [2.75, 3.05) is 39.3 Å². The predicted octanol–water partition coefficient (Wildman–Crippen LogP) is 4.54. The summed E-state index contributed by atoms with van der Waals surface area (Å²) in [4.78, 5) is 0. The molecule has 312 valence electrons. The van der Waals surface area contributed by atoms with Crippen LogP contribution in [0.5, 0.6) is 0 Å². The van der Waals surface area contributed by atoms with Crippen molar-refractivity contribution in [3.8, 4) is 0 Å². The Labute approximate surface area is 329 Å². The smallest absolute Gasteiger partial charge is 0.0620 e. The van der Waals surface area contributed by atoms with E-state index < -0.39 is 0 Å². The van der Waals surface area contributed by atoms with Gasteiger partial charge < -0.3 is 47.2 Å². The molecule has 7 fully saturated rings. The molecule has 1 saturated heterocycles. The van der Waals surface area contributed by atoms with Gasteiger partial charge in [0.1, 0.15) is 0 Å². The molecule has 9 heteroatoms. The summed E-state index contributed by atoms with van der Waals surface area (Å²) in [5, 5.41) is 59.6. The first-order valence-electron chi connectivity index (χ1n) is 23.7. The van der Waals surface area contributed by atoms with Crippen LogP contribution in [0.3, 0.4) is 0 Å². The molecule has 7 aliphatic rings. The second-order valence-electron chi connectivity index (χ2n) is 20.7. The summed E-state index contributed by atoms with van der Waals surface area (Å²) in [7, 11) is 0. The molecule has 12 atom stereocenters. The minimum atomic E-state index is -0.272. The Morgan fingerprint density at radius 3 is 0.630 bits per heavy atom. The van der Waals surface area contributed by atoms with Crippen molar-refractivity contribution in [1.82, 2.24) is 31.9 Å². The molecule has 9 N–H and O–H groups in total. The monoisotopic (exact) mass is 757 g/mol. The lowest BCUT2D eigenvalue weighted by molar-refractivity contribution is -0.00629. The van der Waals surface area contributed by atoms with E-state index in [1.807, 2.05) is 0 Å². The number of hydrogen-bond acceptors (Lipinski definition) is 9. The van der Waals surface area contributed by atoms with Gasteiger partial charge >= 0.3 is 0 Å². The Morgan fingerprint density at radius 1 is 0.296 bits per heavy atom. The van der Waals surface area contributed by atoms with Gasteiger partial charge in [-0.15, -0.1) is 0 Å². The van der Waals surface area contributed by atoms with E-state index in [0.29, 0.717) is 89.5 Å². The molecule has 6 unspecified atom stereocenters. The molecule has 1 heterocycles. The van der Waals surface area contributed by atoms with E-state index in [9.17, 15) is 15.3 Å². The lowest BCUT2D eigenvalue weighted by Gasteiger charge is -2.43. The van der Waals surface area contributed by atoms with Gasteiger partial charge in [-0.2, -0.15) is 0 Å². The maximum Gasteiger partial charge on any atom is 0.0620 e. The van der Waals surface area contributed by atoms with Crippen molar-refractivity contribution in [2.24, 2.45) is 53.3 Å². The number of aliphatic hydroxyl groups excluding tert-OH is 3. The third-order valence-electron chi connectivity index (χ3n) is 16.3. The van der Waals surface area contributed by atoms with Gasteiger partial charge in [-0.3, -0.25) is 0 Å². The minimum Gasteiger partial charge on any atom is -0.392 e. The van der Waals surface area contributed by atoms with Crippen LogP contribution in [0, 0.1) is 53.3 Å². The Hall–Kier alpha value is -0.360. The van der Waals surface area contributed by atoms with Crippen molar-refractivity contribution in [3.05, 3.63) is 0 Å². The Bertz CT molecular complexity index is 906. The van der Waals surface area contributed by atoms with Crippen LogP contribution in [0.25, 0.3) is 0 Å². The van der Waals surface area contributed by atoms with Crippen LogP contribution in [-0.4, -0.2) is 109 Å². The SMILES string of the molecule is CC1CC2CN[C@H]3CCCC[C@@H]3NCC3CC(C)CC(CN[C@H]4CCCC[C@@H]4NCC4CC(C)CC(CN[C@H]5CCCC[C@@H]5NCC(C1)C2O)C4O)C3O. The number of aliphatic hydroxyl groups is 3. The van der Waals surface area contributed by atoms with Crippen LogP contribution in [0.2, 0.25) is 0 Å². The van der Waals surface area contributed by atoms with Gasteiger partial charge in [0.2, 0.25) is 0 Å². The van der Waals surface area contributed by atoms with Crippen molar-refractivity contribution >= 4 is 0 Å². The van der Waals surface area contributed by atoms with E-state index in [1.165, 1.54) is 77.0 Å². The minimum absolute atomic E-state index is 0.272. The van der Waals surface area contributed by atoms with Gasteiger partial charge in [0.05, 0.1) is 18.3 Å². The molecule has 0 aromatic carbocycles. The third kappa shape index (κ3) is 10.8. The summed E-state index contributed by atoms with van der Waals surface area (Å²) in [5.41, 5.74) is 0. The fourth-order valence-corrected chi connectivity index (χ4v) is 13.3. The molecule has 1 aliphatic heterocycles. The fraction of sp³-hybridized carbons (Fsp3) is 1.00. The second kappa shape index (κ2) is 20.1. The second-order valence-corrected chi connectivity index (χ2v) is 20.7. The molecule has 9 nitrogen and oxygen atoms in total. The molecule has 54 heavy (non-hydrogen) atoms. The standard InChI is InChI=1S/C45H84N6O3/c1-28-16-31-22-46-37-10-4-6-12-39(37)48-24-33-18-29(2)20-35(44(33)53)26-50-41-14-8-9-15-42(41)51-27-36-21-30(3)19-34(45(36)54)25-49-40-13-7-5-11-38(40)47-23-32(17-28)43(31)52/h28-54H,4-27H2,1-3H3/t28?,29?,30?,31?,32?,33?,34?,35?,36?,37-,38-,39-,40-,41-,42-,43?,44?,45?/m0/s1. The van der Waals surface area contributed by atoms with Crippen molar-refractivity contribution in [2.45, 2.75) is 191 Å². The highest BCUT2D eigenvalue weighted by atomic mass is 16.3. The Kier molecular flexibility index (Phi) is 15.5. The van der Waals surface area contributed by atoms with Gasteiger partial charge in [0.25, 0.3) is 0 Å². The quantitative estimate of drug-likeness (QED) is 0.175. The molecular weight excluding hydrogens is 673 g/mol. The first-order valence-corrected chi connectivity index (χ1v) is 23.7. The van der Waals surface area contributed by atoms with Crippen LogP contribution in [0.1, 0.15) is 136 Å². The van der Waals surface area contributed by atoms with Gasteiger partial charge in [0.15, 0.2) is 0 Å². The number of fused-ring (bicyclic) bond motifs is 9. The molecule has 0 aromatic heterocycles. The summed E-state index contributed by atoms with van der Waals surface area (Å²) >= 11 is 0. The van der Waals surface area contributed by atoms with Crippen LogP contribution < -0.4 is 31.9 Å². The van der Waals surface area contributed by atoms with E-state index in [2.05, 4.69) is 52.7 Å². The highest BCUT2D eigenvalue weighted by Gasteiger charge is 2.41. The zero-order valence-electron chi connectivity index (χ0n) is 34.7. The number of nitrogens with one attached hydrogen (secondary N) is 6. The fourth-order valence-electron chi connectivity index (χ4n) is 13.3. The molecule has 6 bridgehead atoms. The summed E-state index contributed by atoms with van der Waals surface area (Å²) in [6.45, 7) is 12.6. The zero-order valence-corrected chi connectivity index (χ0v) is 34.7. The Balaban J connectivity index is 1.06. The average molecular weight is 757 g/mol. The van der Waals surface area contributed by atoms with Crippen LogP contribution in [0.15, 0.2) is 0 Å². The van der Waals surface area contributed by atoms with E-state index in [-0.39, 0.29) is 18.3 Å². The van der Waals surface area contributed by atoms with Crippen LogP contribution >= 0.6 is 0 Å². The molecule has 0 radical (unpaired) electrons. The first-order chi connectivity index (χ1) is 26.2. The maximum atomic E-state index is 11.8. The molecule has 7 rings (SSSR count). The predicted molar refractivity (Wildman–Crippen MR) is 220 cm³/mol. The molecule has 6 aliphatic carbocycles. The van der Waals surface area contributed by atoms with Crippen molar-refractivity contribution in [3.63, 3.8) is 0 Å². The number of hydrogen-bond donors (Lipinski definition) is 9. The number of rotatable bonds is 0. The Morgan fingerprint density at radius 2 is 0.463 bits per heavy atom. The lowest BCUT2D eigenvalue weighted by Crippen LogP contribution is -2.56. The molecule has 0 spiro atoms. The van der Waals surface area contributed by atoms with Gasteiger partial charge in [0, 0.05) is 75.5 Å². The van der Waals surface area contributed by atoms with Gasteiger partial charge in [-0.1, -0.05) is 59.3 Å². The molecule has 0 amide bonds. The largest absolute Gasteiger partial charge is 0.392 e. The topological polar surface area (TPSA) is 133 Å². The molecular formula is C45H84N6O3. The van der Waals surface area contributed by atoms with Crippen LogP contribution in [-0.2, 0) is 0 Å². The van der Waals surface area contributed by atoms with Gasteiger partial charge in [-0.25, -0.2) is 0 Å². The molecule has 6 saturated carbocycles. The van der Waals surface area contributed by atoms with E-state index in [0.717, 1.165) is 77.8 Å². The van der Waals surface area contributed by atoms with E-state index in [1.54, 1.807) is 0 Å². The summed E-state index contributed by atoms with van der Waals surface area (Å²) in [5.74, 6) is 3.64. The normalized spacial score (nSPS) is 49.7. The average Bonchev–Trinajstić information content (AvgIpc) is 3.17. The van der Waals surface area contributed by atoms with Crippen molar-refractivity contribution < 1.29 is 15.3 Å². The van der Waals surface area contributed by atoms with Gasteiger partial charge in [-0.05, 0) is 130 Å². The summed E-state index contributed by atoms with van der Waals surface area (Å²) in [6, 6.07) is 2.60. The van der Waals surface area contributed by atoms with E-state index in [4.69, 9.17) is 0 Å². The zero-order chi connectivity index (χ0) is 37.6. The van der Waals surface area contributed by atoms with Crippen molar-refractivity contribution in [1.29, 1.82) is 0 Å².